The van der Waals surface area contributed by atoms with Crippen molar-refractivity contribution in [3.8, 4) is 0 Å². The summed E-state index contributed by atoms with van der Waals surface area (Å²) in [4.78, 5) is 4.39. The maximum atomic E-state index is 4.39. The van der Waals surface area contributed by atoms with Gasteiger partial charge < -0.3 is 5.32 Å². The van der Waals surface area contributed by atoms with Crippen LogP contribution in [0.1, 0.15) is 31.9 Å². The van der Waals surface area contributed by atoms with Gasteiger partial charge in [0, 0.05) is 17.1 Å². The van der Waals surface area contributed by atoms with Gasteiger partial charge in [-0.15, -0.1) is 0 Å². The first kappa shape index (κ1) is 13.0. The first-order chi connectivity index (χ1) is 8.46. The van der Waals surface area contributed by atoms with E-state index in [1.54, 1.807) is 0 Å². The van der Waals surface area contributed by atoms with Crippen LogP contribution in [0.5, 0.6) is 0 Å². The molecule has 18 heavy (non-hydrogen) atoms. The monoisotopic (exact) mass is 242 g/mol. The normalized spacial score (nSPS) is 12.0. The average Bonchev–Trinajstić information content (AvgIpc) is 2.28. The van der Waals surface area contributed by atoms with Gasteiger partial charge in [-0.05, 0) is 70.0 Å². The molecule has 2 aromatic rings. The number of nitrogens with one attached hydrogen (secondary N) is 1. The molecule has 1 N–H and O–H groups in total. The summed E-state index contributed by atoms with van der Waals surface area (Å²) in [5, 5.41) is 4.76. The van der Waals surface area contributed by atoms with Gasteiger partial charge in [0.2, 0.25) is 0 Å². The third-order valence-electron chi connectivity index (χ3n) is 3.11. The SMILES string of the molecule is Cc1cc2ncccc2cc1CCNC(C)(C)C. The molecule has 0 saturated heterocycles. The third kappa shape index (κ3) is 3.30. The highest BCUT2D eigenvalue weighted by Gasteiger charge is 2.08. The second-order valence-corrected chi connectivity index (χ2v) is 5.90. The number of fused-ring (bicyclic) bond motifs is 1. The highest BCUT2D eigenvalue weighted by atomic mass is 14.9. The van der Waals surface area contributed by atoms with E-state index in [9.17, 15) is 0 Å². The van der Waals surface area contributed by atoms with Crippen LogP contribution in [0.4, 0.5) is 0 Å². The van der Waals surface area contributed by atoms with Crippen LogP contribution in [0, 0.1) is 6.92 Å². The Labute approximate surface area is 109 Å². The maximum Gasteiger partial charge on any atom is 0.0704 e. The Morgan fingerprint density at radius 3 is 2.72 bits per heavy atom. The van der Waals surface area contributed by atoms with Crippen LogP contribution >= 0.6 is 0 Å². The molecule has 0 aliphatic carbocycles. The quantitative estimate of drug-likeness (QED) is 0.891. The molecular weight excluding hydrogens is 220 g/mol. The molecule has 1 aromatic heterocycles. The molecule has 0 radical (unpaired) electrons. The molecule has 0 unspecified atom stereocenters. The predicted molar refractivity (Wildman–Crippen MR) is 77.9 cm³/mol. The van der Waals surface area contributed by atoms with Gasteiger partial charge in [-0.3, -0.25) is 4.98 Å². The molecule has 1 aromatic carbocycles. The topological polar surface area (TPSA) is 24.9 Å². The molecule has 1 heterocycles. The summed E-state index contributed by atoms with van der Waals surface area (Å²) in [6, 6.07) is 8.57. The summed E-state index contributed by atoms with van der Waals surface area (Å²) in [5.74, 6) is 0. The molecule has 0 aliphatic heterocycles. The Kier molecular flexibility index (Phi) is 3.67. The fourth-order valence-corrected chi connectivity index (χ4v) is 2.11. The molecule has 96 valence electrons. The Morgan fingerprint density at radius 1 is 1.22 bits per heavy atom. The lowest BCUT2D eigenvalue weighted by Crippen LogP contribution is -2.37. The number of aryl methyl sites for hydroxylation is 1. The zero-order valence-electron chi connectivity index (χ0n) is 11.7. The Morgan fingerprint density at radius 2 is 2.00 bits per heavy atom. The largest absolute Gasteiger partial charge is 0.312 e. The van der Waals surface area contributed by atoms with Crippen molar-refractivity contribution in [2.75, 3.05) is 6.54 Å². The van der Waals surface area contributed by atoms with Gasteiger partial charge in [-0.1, -0.05) is 6.07 Å². The molecule has 0 bridgehead atoms. The molecule has 2 nitrogen and oxygen atoms in total. The Balaban J connectivity index is 2.15. The van der Waals surface area contributed by atoms with Crippen molar-refractivity contribution in [3.63, 3.8) is 0 Å². The number of pyridine rings is 1. The first-order valence-corrected chi connectivity index (χ1v) is 6.55. The molecule has 0 aliphatic rings. The minimum absolute atomic E-state index is 0.187. The molecule has 0 spiro atoms. The summed E-state index contributed by atoms with van der Waals surface area (Å²) < 4.78 is 0. The van der Waals surface area contributed by atoms with Crippen molar-refractivity contribution in [3.05, 3.63) is 41.6 Å². The number of rotatable bonds is 3. The fourth-order valence-electron chi connectivity index (χ4n) is 2.11. The number of aromatic nitrogens is 1. The van der Waals surface area contributed by atoms with Gasteiger partial charge in [0.25, 0.3) is 0 Å². The lowest BCUT2D eigenvalue weighted by molar-refractivity contribution is 0.429. The van der Waals surface area contributed by atoms with E-state index in [0.717, 1.165) is 18.5 Å². The zero-order chi connectivity index (χ0) is 13.2. The summed E-state index contributed by atoms with van der Waals surface area (Å²) in [6.07, 6.45) is 2.91. The van der Waals surface area contributed by atoms with Crippen LogP contribution in [-0.2, 0) is 6.42 Å². The lowest BCUT2D eigenvalue weighted by atomic mass is 10.0. The van der Waals surface area contributed by atoms with Gasteiger partial charge in [0.05, 0.1) is 5.52 Å². The van der Waals surface area contributed by atoms with Crippen molar-refractivity contribution < 1.29 is 0 Å². The minimum atomic E-state index is 0.187. The van der Waals surface area contributed by atoms with E-state index in [-0.39, 0.29) is 5.54 Å². The number of nitrogens with zero attached hydrogens (tertiary/aromatic N) is 1. The second kappa shape index (κ2) is 5.07. The van der Waals surface area contributed by atoms with Crippen LogP contribution in [0.25, 0.3) is 10.9 Å². The molecular formula is C16H22N2. The van der Waals surface area contributed by atoms with Gasteiger partial charge >= 0.3 is 0 Å². The Bertz CT molecular complexity index is 538. The standard InChI is InChI=1S/C16H22N2/c1-12-10-15-14(6-5-8-17-15)11-13(12)7-9-18-16(2,3)4/h5-6,8,10-11,18H,7,9H2,1-4H3. The number of hydrogen-bond acceptors (Lipinski definition) is 2. The van der Waals surface area contributed by atoms with Gasteiger partial charge in [-0.2, -0.15) is 0 Å². The molecule has 2 rings (SSSR count). The average molecular weight is 242 g/mol. The molecule has 0 atom stereocenters. The van der Waals surface area contributed by atoms with Crippen LogP contribution in [0.2, 0.25) is 0 Å². The van der Waals surface area contributed by atoms with Gasteiger partial charge in [-0.25, -0.2) is 0 Å². The second-order valence-electron chi connectivity index (χ2n) is 5.90. The highest BCUT2D eigenvalue weighted by Crippen LogP contribution is 2.18. The summed E-state index contributed by atoms with van der Waals surface area (Å²) >= 11 is 0. The van der Waals surface area contributed by atoms with Crippen LogP contribution in [-0.4, -0.2) is 17.1 Å². The zero-order valence-corrected chi connectivity index (χ0v) is 11.7. The van der Waals surface area contributed by atoms with Crippen molar-refractivity contribution in [1.29, 1.82) is 0 Å². The molecule has 0 fully saturated rings. The van der Waals surface area contributed by atoms with E-state index in [1.807, 2.05) is 12.3 Å². The van der Waals surface area contributed by atoms with E-state index in [0.29, 0.717) is 0 Å². The number of hydrogen-bond donors (Lipinski definition) is 1. The van der Waals surface area contributed by atoms with Crippen molar-refractivity contribution in [1.82, 2.24) is 10.3 Å². The predicted octanol–water partition coefficient (Wildman–Crippen LogP) is 3.47. The Hall–Kier alpha value is -1.41. The summed E-state index contributed by atoms with van der Waals surface area (Å²) in [5.41, 5.74) is 4.01. The van der Waals surface area contributed by atoms with E-state index >= 15 is 0 Å². The lowest BCUT2D eigenvalue weighted by Gasteiger charge is -2.20. The van der Waals surface area contributed by atoms with Crippen molar-refractivity contribution in [2.45, 2.75) is 39.7 Å². The van der Waals surface area contributed by atoms with E-state index in [2.05, 4.69) is 56.2 Å². The first-order valence-electron chi connectivity index (χ1n) is 6.55. The maximum absolute atomic E-state index is 4.39. The summed E-state index contributed by atoms with van der Waals surface area (Å²) in [6.45, 7) is 9.77. The molecule has 0 amide bonds. The van der Waals surface area contributed by atoms with E-state index in [4.69, 9.17) is 0 Å². The van der Waals surface area contributed by atoms with E-state index < -0.39 is 0 Å². The molecule has 0 saturated carbocycles. The molecule has 2 heteroatoms. The highest BCUT2D eigenvalue weighted by molar-refractivity contribution is 5.80. The number of benzene rings is 1. The van der Waals surface area contributed by atoms with Crippen LogP contribution < -0.4 is 5.32 Å². The van der Waals surface area contributed by atoms with Crippen LogP contribution in [0.15, 0.2) is 30.5 Å². The third-order valence-corrected chi connectivity index (χ3v) is 3.11. The summed E-state index contributed by atoms with van der Waals surface area (Å²) in [7, 11) is 0. The van der Waals surface area contributed by atoms with E-state index in [1.165, 1.54) is 16.5 Å². The van der Waals surface area contributed by atoms with Crippen LogP contribution in [0.3, 0.4) is 0 Å². The minimum Gasteiger partial charge on any atom is -0.312 e. The van der Waals surface area contributed by atoms with Crippen molar-refractivity contribution in [2.24, 2.45) is 0 Å². The smallest absolute Gasteiger partial charge is 0.0704 e. The van der Waals surface area contributed by atoms with Crippen molar-refractivity contribution >= 4 is 10.9 Å². The fraction of sp³-hybridized carbons (Fsp3) is 0.438. The van der Waals surface area contributed by atoms with Gasteiger partial charge in [0.1, 0.15) is 0 Å². The van der Waals surface area contributed by atoms with Gasteiger partial charge in [0.15, 0.2) is 0 Å².